The highest BCUT2D eigenvalue weighted by Crippen LogP contribution is 2.27. The number of nitrogens with two attached hydrogens (primary N) is 1. The molecule has 1 atom stereocenters. The Morgan fingerprint density at radius 2 is 1.78 bits per heavy atom. The summed E-state index contributed by atoms with van der Waals surface area (Å²) >= 11 is 0. The van der Waals surface area contributed by atoms with Gasteiger partial charge in [0.05, 0.1) is 26.1 Å². The van der Waals surface area contributed by atoms with Crippen LogP contribution in [0.5, 0.6) is 11.5 Å². The molecule has 0 spiro atoms. The zero-order valence-corrected chi connectivity index (χ0v) is 20.8. The number of nitrogens with zero attached hydrogens (tertiary/aromatic N) is 3. The van der Waals surface area contributed by atoms with Crippen LogP contribution in [0.25, 0.3) is 11.3 Å². The fourth-order valence-corrected chi connectivity index (χ4v) is 4.10. The first-order valence-corrected chi connectivity index (χ1v) is 11.5. The summed E-state index contributed by atoms with van der Waals surface area (Å²) in [6.45, 7) is 2.57. The third-order valence-electron chi connectivity index (χ3n) is 6.05. The molecule has 9 heteroatoms. The average molecular weight is 492 g/mol. The summed E-state index contributed by atoms with van der Waals surface area (Å²) < 4.78 is 24.3. The van der Waals surface area contributed by atoms with E-state index in [4.69, 9.17) is 15.2 Å². The van der Waals surface area contributed by atoms with E-state index in [1.807, 2.05) is 53.5 Å². The number of carbonyl (C=O) groups is 1. The van der Waals surface area contributed by atoms with Gasteiger partial charge >= 0.3 is 0 Å². The largest absolute Gasteiger partial charge is 0.497 e. The SMILES string of the molecule is COc1cc(CNC(=O)c2cc(CN3C=CN(C)C3N)cc(-c3ncc(F)cc3C)c2)cc(OC)c1. The molecule has 0 fully saturated rings. The molecular formula is C27H30FN5O3. The highest BCUT2D eigenvalue weighted by Gasteiger charge is 2.20. The molecule has 1 amide bonds. The number of aromatic nitrogens is 1. The lowest BCUT2D eigenvalue weighted by Gasteiger charge is -2.27. The van der Waals surface area contributed by atoms with Crippen LogP contribution in [0.2, 0.25) is 0 Å². The second kappa shape index (κ2) is 10.7. The summed E-state index contributed by atoms with van der Waals surface area (Å²) in [6.07, 6.45) is 4.68. The summed E-state index contributed by atoms with van der Waals surface area (Å²) in [4.78, 5) is 21.4. The van der Waals surface area contributed by atoms with Crippen LogP contribution in [0, 0.1) is 12.7 Å². The van der Waals surface area contributed by atoms with Gasteiger partial charge < -0.3 is 24.6 Å². The molecule has 0 radical (unpaired) electrons. The summed E-state index contributed by atoms with van der Waals surface area (Å²) in [5.74, 6) is 0.620. The Kier molecular flexibility index (Phi) is 7.40. The molecule has 1 aliphatic heterocycles. The number of carbonyl (C=O) groups excluding carboxylic acids is 1. The standard InChI is InChI=1S/C27H30FN5O3/c1-17-7-22(28)15-30-25(17)20-8-19(16-33-6-5-32(2)27(33)29)9-21(12-20)26(34)31-14-18-10-23(35-3)13-24(11-18)36-4/h5-13,15,27H,14,16,29H2,1-4H3,(H,31,34). The Balaban J connectivity index is 1.63. The summed E-state index contributed by atoms with van der Waals surface area (Å²) in [6, 6.07) is 12.4. The van der Waals surface area contributed by atoms with Crippen molar-refractivity contribution >= 4 is 5.91 Å². The normalized spacial score (nSPS) is 14.8. The van der Waals surface area contributed by atoms with Crippen LogP contribution < -0.4 is 20.5 Å². The third-order valence-corrected chi connectivity index (χ3v) is 6.05. The van der Waals surface area contributed by atoms with Crippen LogP contribution in [-0.4, -0.2) is 48.2 Å². The van der Waals surface area contributed by atoms with Crippen LogP contribution in [0.15, 0.2) is 61.1 Å². The van der Waals surface area contributed by atoms with Gasteiger partial charge in [-0.1, -0.05) is 0 Å². The summed E-state index contributed by atoms with van der Waals surface area (Å²) in [7, 11) is 5.06. The average Bonchev–Trinajstić information content (AvgIpc) is 3.18. The minimum absolute atomic E-state index is 0.252. The fourth-order valence-electron chi connectivity index (χ4n) is 4.10. The first kappa shape index (κ1) is 25.0. The molecule has 3 aromatic rings. The van der Waals surface area contributed by atoms with Gasteiger partial charge in [-0.25, -0.2) is 4.39 Å². The number of amides is 1. The van der Waals surface area contributed by atoms with E-state index in [-0.39, 0.29) is 18.7 Å². The number of benzene rings is 2. The second-order valence-corrected chi connectivity index (χ2v) is 8.69. The Bertz CT molecular complexity index is 1270. The van der Waals surface area contributed by atoms with Gasteiger partial charge in [-0.3, -0.25) is 15.5 Å². The van der Waals surface area contributed by atoms with Gasteiger partial charge in [0.25, 0.3) is 5.91 Å². The van der Waals surface area contributed by atoms with E-state index >= 15 is 0 Å². The zero-order chi connectivity index (χ0) is 25.8. The first-order chi connectivity index (χ1) is 17.3. The van der Waals surface area contributed by atoms with Crippen molar-refractivity contribution in [3.63, 3.8) is 0 Å². The van der Waals surface area contributed by atoms with Crippen LogP contribution >= 0.6 is 0 Å². The van der Waals surface area contributed by atoms with Crippen molar-refractivity contribution in [1.82, 2.24) is 20.1 Å². The number of rotatable bonds is 8. The molecule has 3 N–H and O–H groups in total. The van der Waals surface area contributed by atoms with Crippen molar-refractivity contribution in [2.24, 2.45) is 5.73 Å². The maximum atomic E-state index is 13.7. The smallest absolute Gasteiger partial charge is 0.251 e. The van der Waals surface area contributed by atoms with Crippen LogP contribution in [0.3, 0.4) is 0 Å². The summed E-state index contributed by atoms with van der Waals surface area (Å²) in [5.41, 5.74) is 10.5. The van der Waals surface area contributed by atoms with E-state index in [1.54, 1.807) is 33.3 Å². The van der Waals surface area contributed by atoms with E-state index in [2.05, 4.69) is 10.3 Å². The van der Waals surface area contributed by atoms with E-state index < -0.39 is 5.82 Å². The van der Waals surface area contributed by atoms with Gasteiger partial charge in [0.2, 0.25) is 0 Å². The molecule has 8 nitrogen and oxygen atoms in total. The lowest BCUT2D eigenvalue weighted by molar-refractivity contribution is 0.0950. The third kappa shape index (κ3) is 5.58. The lowest BCUT2D eigenvalue weighted by Crippen LogP contribution is -2.43. The molecule has 2 aromatic carbocycles. The van der Waals surface area contributed by atoms with E-state index in [9.17, 15) is 9.18 Å². The van der Waals surface area contributed by atoms with E-state index in [0.717, 1.165) is 16.7 Å². The molecule has 0 saturated carbocycles. The topological polar surface area (TPSA) is 93.0 Å². The number of pyridine rings is 1. The molecular weight excluding hydrogens is 461 g/mol. The van der Waals surface area contributed by atoms with Crippen molar-refractivity contribution in [1.29, 1.82) is 0 Å². The first-order valence-electron chi connectivity index (χ1n) is 11.5. The lowest BCUT2D eigenvalue weighted by atomic mass is 9.99. The van der Waals surface area contributed by atoms with Crippen molar-refractivity contribution < 1.29 is 18.7 Å². The monoisotopic (exact) mass is 491 g/mol. The zero-order valence-electron chi connectivity index (χ0n) is 20.8. The maximum Gasteiger partial charge on any atom is 0.251 e. The predicted molar refractivity (Wildman–Crippen MR) is 136 cm³/mol. The summed E-state index contributed by atoms with van der Waals surface area (Å²) in [5, 5.41) is 2.97. The van der Waals surface area contributed by atoms with Crippen molar-refractivity contribution in [2.75, 3.05) is 21.3 Å². The molecule has 0 aliphatic carbocycles. The Morgan fingerprint density at radius 1 is 1.06 bits per heavy atom. The molecule has 0 saturated heterocycles. The van der Waals surface area contributed by atoms with E-state index in [0.29, 0.717) is 34.9 Å². The molecule has 1 aliphatic rings. The van der Waals surface area contributed by atoms with Crippen molar-refractivity contribution in [3.05, 3.63) is 89.1 Å². The fraction of sp³-hybridized carbons (Fsp3) is 0.259. The van der Waals surface area contributed by atoms with Gasteiger partial charge in [-0.05, 0) is 60.0 Å². The Labute approximate surface area is 210 Å². The number of hydrogen-bond donors (Lipinski definition) is 2. The molecule has 1 aromatic heterocycles. The second-order valence-electron chi connectivity index (χ2n) is 8.69. The van der Waals surface area contributed by atoms with Gasteiger partial charge in [0.15, 0.2) is 6.29 Å². The van der Waals surface area contributed by atoms with E-state index in [1.165, 1.54) is 12.3 Å². The Morgan fingerprint density at radius 3 is 2.39 bits per heavy atom. The highest BCUT2D eigenvalue weighted by atomic mass is 19.1. The maximum absolute atomic E-state index is 13.7. The van der Waals surface area contributed by atoms with Gasteiger partial charge in [-0.15, -0.1) is 0 Å². The minimum Gasteiger partial charge on any atom is -0.497 e. The predicted octanol–water partition coefficient (Wildman–Crippen LogP) is 3.60. The minimum atomic E-state index is -0.407. The quantitative estimate of drug-likeness (QED) is 0.497. The van der Waals surface area contributed by atoms with Crippen molar-refractivity contribution in [3.8, 4) is 22.8 Å². The Hall–Kier alpha value is -4.11. The molecule has 36 heavy (non-hydrogen) atoms. The van der Waals surface area contributed by atoms with Crippen molar-refractivity contribution in [2.45, 2.75) is 26.3 Å². The van der Waals surface area contributed by atoms with Crippen LogP contribution in [-0.2, 0) is 13.1 Å². The number of nitrogens with one attached hydrogen (secondary N) is 1. The number of methoxy groups -OCH3 is 2. The molecule has 2 heterocycles. The molecule has 0 bridgehead atoms. The van der Waals surface area contributed by atoms with Crippen LogP contribution in [0.1, 0.15) is 27.0 Å². The van der Waals surface area contributed by atoms with Gasteiger partial charge in [-0.2, -0.15) is 0 Å². The van der Waals surface area contributed by atoms with Gasteiger partial charge in [0, 0.05) is 49.7 Å². The highest BCUT2D eigenvalue weighted by molar-refractivity contribution is 5.95. The number of aryl methyl sites for hydroxylation is 1. The number of ether oxygens (including phenoxy) is 2. The van der Waals surface area contributed by atoms with Gasteiger partial charge in [0.1, 0.15) is 17.3 Å². The molecule has 1 unspecified atom stereocenters. The number of halogens is 1. The molecule has 188 valence electrons. The number of hydrogen-bond acceptors (Lipinski definition) is 7. The molecule has 4 rings (SSSR count). The van der Waals surface area contributed by atoms with Crippen LogP contribution in [0.4, 0.5) is 4.39 Å².